The Morgan fingerprint density at radius 3 is 2.87 bits per heavy atom. The van der Waals surface area contributed by atoms with Crippen LogP contribution < -0.4 is 16.2 Å². The number of fused-ring (bicyclic) bond motifs is 1. The van der Waals surface area contributed by atoms with E-state index < -0.39 is 0 Å². The monoisotopic (exact) mass is 442 g/mol. The number of rotatable bonds is 11. The van der Waals surface area contributed by atoms with Crippen LogP contribution in [0.4, 0.5) is 5.69 Å². The summed E-state index contributed by atoms with van der Waals surface area (Å²) >= 11 is 1.40. The molecule has 1 amide bonds. The third kappa shape index (κ3) is 6.38. The van der Waals surface area contributed by atoms with E-state index in [1.165, 1.54) is 11.3 Å². The Bertz CT molecular complexity index is 1060. The quantitative estimate of drug-likeness (QED) is 0.391. The molecule has 3 N–H and O–H groups in total. The molecular weight excluding hydrogens is 412 g/mol. The van der Waals surface area contributed by atoms with Crippen LogP contribution in [0.3, 0.4) is 0 Å². The summed E-state index contributed by atoms with van der Waals surface area (Å²) in [6.45, 7) is 8.58. The lowest BCUT2D eigenvalue weighted by Crippen LogP contribution is -2.23. The fourth-order valence-electron chi connectivity index (χ4n) is 3.26. The van der Waals surface area contributed by atoms with Gasteiger partial charge < -0.3 is 20.4 Å². The number of hydrogen-bond acceptors (Lipinski definition) is 6. The highest BCUT2D eigenvalue weighted by Gasteiger charge is 2.13. The van der Waals surface area contributed by atoms with E-state index >= 15 is 0 Å². The molecule has 0 radical (unpaired) electrons. The molecule has 2 heterocycles. The van der Waals surface area contributed by atoms with Crippen LogP contribution in [-0.2, 0) is 17.7 Å². The Kier molecular flexibility index (Phi) is 8.20. The van der Waals surface area contributed by atoms with Gasteiger partial charge in [0.1, 0.15) is 5.69 Å². The highest BCUT2D eigenvalue weighted by atomic mass is 32.1. The van der Waals surface area contributed by atoms with Crippen LogP contribution in [0.1, 0.15) is 48.1 Å². The minimum atomic E-state index is -0.160. The SMILES string of the molecule is CCOCCCNc1cc2nc(CC(C)C)c(=O)[nH]c2cc1CNC(=O)c1cccs1. The lowest BCUT2D eigenvalue weighted by atomic mass is 10.1. The van der Waals surface area contributed by atoms with E-state index in [9.17, 15) is 9.59 Å². The second-order valence-corrected chi connectivity index (χ2v) is 8.72. The van der Waals surface area contributed by atoms with Crippen molar-refractivity contribution in [3.8, 4) is 0 Å². The van der Waals surface area contributed by atoms with Gasteiger partial charge in [-0.05, 0) is 54.8 Å². The number of aromatic nitrogens is 2. The molecule has 166 valence electrons. The predicted molar refractivity (Wildman–Crippen MR) is 126 cm³/mol. The van der Waals surface area contributed by atoms with E-state index in [0.29, 0.717) is 48.2 Å². The molecule has 0 fully saturated rings. The van der Waals surface area contributed by atoms with E-state index in [4.69, 9.17) is 4.74 Å². The van der Waals surface area contributed by atoms with Gasteiger partial charge in [-0.25, -0.2) is 4.98 Å². The number of benzene rings is 1. The first-order valence-electron chi connectivity index (χ1n) is 10.7. The average molecular weight is 443 g/mol. The highest BCUT2D eigenvalue weighted by molar-refractivity contribution is 7.12. The second-order valence-electron chi connectivity index (χ2n) is 7.77. The average Bonchev–Trinajstić information content (AvgIpc) is 3.27. The number of carbonyl (C=O) groups excluding carboxylic acids is 1. The van der Waals surface area contributed by atoms with Crippen LogP contribution in [0, 0.1) is 5.92 Å². The molecule has 0 saturated carbocycles. The van der Waals surface area contributed by atoms with E-state index in [2.05, 4.69) is 34.4 Å². The van der Waals surface area contributed by atoms with E-state index in [-0.39, 0.29) is 11.5 Å². The molecule has 0 atom stereocenters. The topological polar surface area (TPSA) is 96.1 Å². The van der Waals surface area contributed by atoms with Gasteiger partial charge in [0.05, 0.1) is 15.9 Å². The fourth-order valence-corrected chi connectivity index (χ4v) is 3.90. The number of amides is 1. The highest BCUT2D eigenvalue weighted by Crippen LogP contribution is 2.22. The molecule has 0 aliphatic rings. The summed E-state index contributed by atoms with van der Waals surface area (Å²) < 4.78 is 5.41. The van der Waals surface area contributed by atoms with Crippen LogP contribution in [0.5, 0.6) is 0 Å². The Morgan fingerprint density at radius 2 is 2.16 bits per heavy atom. The molecule has 0 saturated heterocycles. The normalized spacial score (nSPS) is 11.2. The van der Waals surface area contributed by atoms with Gasteiger partial charge >= 0.3 is 0 Å². The summed E-state index contributed by atoms with van der Waals surface area (Å²) in [5, 5.41) is 8.28. The molecule has 2 aromatic heterocycles. The van der Waals surface area contributed by atoms with Crippen molar-refractivity contribution in [1.82, 2.24) is 15.3 Å². The zero-order valence-electron chi connectivity index (χ0n) is 18.3. The van der Waals surface area contributed by atoms with Crippen LogP contribution >= 0.6 is 11.3 Å². The molecule has 0 unspecified atom stereocenters. The Hall–Kier alpha value is -2.71. The van der Waals surface area contributed by atoms with Gasteiger partial charge in [0.15, 0.2) is 0 Å². The Balaban J connectivity index is 1.85. The Labute approximate surface area is 186 Å². The van der Waals surface area contributed by atoms with Crippen molar-refractivity contribution in [2.45, 2.75) is 40.2 Å². The van der Waals surface area contributed by atoms with Crippen molar-refractivity contribution in [2.75, 3.05) is 25.1 Å². The van der Waals surface area contributed by atoms with Crippen molar-refractivity contribution in [3.05, 3.63) is 56.1 Å². The van der Waals surface area contributed by atoms with Crippen molar-refractivity contribution < 1.29 is 9.53 Å². The summed E-state index contributed by atoms with van der Waals surface area (Å²) in [6, 6.07) is 7.49. The van der Waals surface area contributed by atoms with Gasteiger partial charge in [0, 0.05) is 32.0 Å². The third-order valence-corrected chi connectivity index (χ3v) is 5.63. The summed E-state index contributed by atoms with van der Waals surface area (Å²) in [5.74, 6) is 0.227. The fraction of sp³-hybridized carbons (Fsp3) is 0.435. The van der Waals surface area contributed by atoms with E-state index in [0.717, 1.165) is 29.7 Å². The molecule has 0 spiro atoms. The number of H-pyrrole nitrogens is 1. The molecule has 3 aromatic rings. The zero-order valence-corrected chi connectivity index (χ0v) is 19.1. The van der Waals surface area contributed by atoms with Crippen molar-refractivity contribution in [1.29, 1.82) is 0 Å². The largest absolute Gasteiger partial charge is 0.385 e. The minimum absolute atomic E-state index is 0.115. The predicted octanol–water partition coefficient (Wildman–Crippen LogP) is 3.95. The number of hydrogen-bond donors (Lipinski definition) is 3. The summed E-state index contributed by atoms with van der Waals surface area (Å²) in [6.07, 6.45) is 1.49. The lowest BCUT2D eigenvalue weighted by molar-refractivity contribution is 0.0955. The first-order valence-corrected chi connectivity index (χ1v) is 11.5. The van der Waals surface area contributed by atoms with Crippen LogP contribution in [0.25, 0.3) is 11.0 Å². The smallest absolute Gasteiger partial charge is 0.270 e. The van der Waals surface area contributed by atoms with Gasteiger partial charge in [-0.2, -0.15) is 0 Å². The van der Waals surface area contributed by atoms with Gasteiger partial charge in [0.2, 0.25) is 0 Å². The second kappa shape index (κ2) is 11.1. The van der Waals surface area contributed by atoms with Gasteiger partial charge in [0.25, 0.3) is 11.5 Å². The van der Waals surface area contributed by atoms with Crippen molar-refractivity contribution >= 4 is 34.0 Å². The summed E-state index contributed by atoms with van der Waals surface area (Å²) in [7, 11) is 0. The number of ether oxygens (including phenoxy) is 1. The van der Waals surface area contributed by atoms with Crippen LogP contribution in [0.15, 0.2) is 34.4 Å². The van der Waals surface area contributed by atoms with Crippen molar-refractivity contribution in [3.63, 3.8) is 0 Å². The van der Waals surface area contributed by atoms with Crippen molar-refractivity contribution in [2.24, 2.45) is 5.92 Å². The molecule has 0 bridgehead atoms. The maximum absolute atomic E-state index is 12.4. The van der Waals surface area contributed by atoms with E-state index in [1.807, 2.05) is 30.5 Å². The number of anilines is 1. The first kappa shape index (κ1) is 23.0. The molecule has 3 rings (SSSR count). The minimum Gasteiger partial charge on any atom is -0.385 e. The maximum Gasteiger partial charge on any atom is 0.270 e. The Morgan fingerprint density at radius 1 is 1.32 bits per heavy atom. The summed E-state index contributed by atoms with van der Waals surface area (Å²) in [5.41, 5.74) is 3.57. The van der Waals surface area contributed by atoms with Gasteiger partial charge in [-0.3, -0.25) is 9.59 Å². The number of thiophene rings is 1. The van der Waals surface area contributed by atoms with Crippen LogP contribution in [-0.4, -0.2) is 35.6 Å². The molecular formula is C23H30N4O3S. The van der Waals surface area contributed by atoms with Crippen LogP contribution in [0.2, 0.25) is 0 Å². The first-order chi connectivity index (χ1) is 15.0. The molecule has 0 aliphatic heterocycles. The molecule has 0 aliphatic carbocycles. The van der Waals surface area contributed by atoms with Gasteiger partial charge in [-0.15, -0.1) is 11.3 Å². The third-order valence-electron chi connectivity index (χ3n) is 4.76. The molecule has 7 nitrogen and oxygen atoms in total. The molecule has 31 heavy (non-hydrogen) atoms. The number of nitrogens with zero attached hydrogens (tertiary/aromatic N) is 1. The van der Waals surface area contributed by atoms with E-state index in [1.54, 1.807) is 6.07 Å². The zero-order chi connectivity index (χ0) is 22.2. The molecule has 8 heteroatoms. The number of nitrogens with one attached hydrogen (secondary N) is 3. The number of aromatic amines is 1. The maximum atomic E-state index is 12.4. The molecule has 1 aromatic carbocycles. The lowest BCUT2D eigenvalue weighted by Gasteiger charge is -2.15. The summed E-state index contributed by atoms with van der Waals surface area (Å²) in [4.78, 5) is 33.1. The van der Waals surface area contributed by atoms with Gasteiger partial charge in [-0.1, -0.05) is 19.9 Å². The number of carbonyl (C=O) groups is 1. The standard InChI is InChI=1S/C23H30N4O3S/c1-4-30-9-6-8-24-17-13-19-18(27-22(28)20(26-19)11-15(2)3)12-16(17)14-25-23(29)21-7-5-10-31-21/h5,7,10,12-13,15,24H,4,6,8-9,11,14H2,1-3H3,(H,25,29)(H,27,28).